The monoisotopic (exact) mass is 522 g/mol. The minimum atomic E-state index is 0.0355. The first kappa shape index (κ1) is 27.3. The molecule has 0 spiro atoms. The van der Waals surface area contributed by atoms with Crippen LogP contribution in [-0.4, -0.2) is 89.3 Å². The average Bonchev–Trinajstić information content (AvgIpc) is 3.37. The number of thiazole rings is 1. The zero-order chi connectivity index (χ0) is 26.0. The van der Waals surface area contributed by atoms with Gasteiger partial charge in [0.25, 0.3) is 0 Å². The van der Waals surface area contributed by atoms with Crippen LogP contribution in [0.4, 0.5) is 0 Å². The summed E-state index contributed by atoms with van der Waals surface area (Å²) >= 11 is 1.60. The Hall–Kier alpha value is -2.72. The number of nitrogens with zero attached hydrogens (tertiary/aromatic N) is 6. The zero-order valence-electron chi connectivity index (χ0n) is 22.3. The van der Waals surface area contributed by atoms with E-state index >= 15 is 0 Å². The highest BCUT2D eigenvalue weighted by molar-refractivity contribution is 7.18. The smallest absolute Gasteiger partial charge is 0.316 e. The zero-order valence-corrected chi connectivity index (χ0v) is 23.2. The number of methoxy groups -OCH3 is 1. The van der Waals surface area contributed by atoms with Gasteiger partial charge in [-0.3, -0.25) is 4.90 Å². The number of aromatic nitrogens is 4. The van der Waals surface area contributed by atoms with Crippen molar-refractivity contribution in [2.24, 2.45) is 5.92 Å². The highest BCUT2D eigenvalue weighted by Gasteiger charge is 2.18. The van der Waals surface area contributed by atoms with E-state index in [4.69, 9.17) is 14.5 Å². The van der Waals surface area contributed by atoms with E-state index < -0.39 is 0 Å². The Labute approximate surface area is 224 Å². The van der Waals surface area contributed by atoms with E-state index in [0.29, 0.717) is 18.5 Å². The van der Waals surface area contributed by atoms with E-state index in [2.05, 4.69) is 56.8 Å². The summed E-state index contributed by atoms with van der Waals surface area (Å²) < 4.78 is 11.2. The Bertz CT molecular complexity index is 1160. The lowest BCUT2D eigenvalue weighted by atomic mass is 10.1. The van der Waals surface area contributed by atoms with Gasteiger partial charge in [-0.25, -0.2) is 15.0 Å². The molecule has 198 valence electrons. The van der Waals surface area contributed by atoms with E-state index in [-0.39, 0.29) is 5.92 Å². The number of pyridine rings is 1. The Morgan fingerprint density at radius 3 is 2.65 bits per heavy atom. The van der Waals surface area contributed by atoms with Crippen LogP contribution >= 0.6 is 11.3 Å². The molecular weight excluding hydrogens is 484 g/mol. The fourth-order valence-electron chi connectivity index (χ4n) is 4.31. The molecule has 8 nitrogen and oxygen atoms in total. The fraction of sp³-hybridized carbons (Fsp3) is 0.500. The third kappa shape index (κ3) is 7.88. The van der Waals surface area contributed by atoms with Crippen LogP contribution in [0.1, 0.15) is 37.4 Å². The number of hydrogen-bond acceptors (Lipinski definition) is 9. The number of hydrogen-bond donors (Lipinski definition) is 0. The van der Waals surface area contributed by atoms with Crippen LogP contribution in [0.15, 0.2) is 54.4 Å². The molecule has 4 heterocycles. The SMILES string of the molecule is CC=C(C=CC(C)CN1CCN(CCOC)CC1)COc1nccc(C(C)c2nc3cccnc3s2)n1. The lowest BCUT2D eigenvalue weighted by molar-refractivity contribution is 0.0932. The van der Waals surface area contributed by atoms with Gasteiger partial charge in [0.1, 0.15) is 22.0 Å². The highest BCUT2D eigenvalue weighted by Crippen LogP contribution is 2.30. The molecule has 4 rings (SSSR count). The summed E-state index contributed by atoms with van der Waals surface area (Å²) in [6.45, 7) is 14.2. The third-order valence-corrected chi connectivity index (χ3v) is 7.81. The van der Waals surface area contributed by atoms with Crippen molar-refractivity contribution in [3.05, 3.63) is 65.1 Å². The largest absolute Gasteiger partial charge is 0.459 e. The molecule has 0 bridgehead atoms. The molecule has 3 aromatic heterocycles. The molecule has 0 aromatic carbocycles. The average molecular weight is 523 g/mol. The molecule has 3 aromatic rings. The lowest BCUT2D eigenvalue weighted by Gasteiger charge is -2.35. The van der Waals surface area contributed by atoms with Crippen molar-refractivity contribution in [3.63, 3.8) is 0 Å². The van der Waals surface area contributed by atoms with Gasteiger partial charge in [-0.15, -0.1) is 0 Å². The number of rotatable bonds is 12. The number of allylic oxidation sites excluding steroid dienone is 1. The van der Waals surface area contributed by atoms with Crippen LogP contribution in [-0.2, 0) is 4.74 Å². The van der Waals surface area contributed by atoms with Gasteiger partial charge in [0, 0.05) is 58.8 Å². The van der Waals surface area contributed by atoms with Crippen LogP contribution in [0.25, 0.3) is 10.3 Å². The van der Waals surface area contributed by atoms with Crippen LogP contribution in [0.5, 0.6) is 6.01 Å². The molecule has 2 unspecified atom stereocenters. The second kappa shape index (κ2) is 13.7. The first-order valence-corrected chi connectivity index (χ1v) is 13.8. The van der Waals surface area contributed by atoms with Crippen LogP contribution < -0.4 is 4.74 Å². The van der Waals surface area contributed by atoms with Gasteiger partial charge in [-0.05, 0) is 36.6 Å². The number of piperazine rings is 1. The van der Waals surface area contributed by atoms with E-state index in [0.717, 1.165) is 72.5 Å². The lowest BCUT2D eigenvalue weighted by Crippen LogP contribution is -2.48. The predicted octanol–water partition coefficient (Wildman–Crippen LogP) is 4.41. The molecule has 0 N–H and O–H groups in total. The minimum absolute atomic E-state index is 0.0355. The summed E-state index contributed by atoms with van der Waals surface area (Å²) in [5.41, 5.74) is 2.91. The van der Waals surface area contributed by atoms with Crippen molar-refractivity contribution >= 4 is 21.7 Å². The van der Waals surface area contributed by atoms with Gasteiger partial charge >= 0.3 is 6.01 Å². The molecule has 1 aliphatic heterocycles. The van der Waals surface area contributed by atoms with Gasteiger partial charge in [-0.1, -0.05) is 43.4 Å². The van der Waals surface area contributed by atoms with Crippen molar-refractivity contribution < 1.29 is 9.47 Å². The first-order chi connectivity index (χ1) is 18.1. The van der Waals surface area contributed by atoms with E-state index in [1.54, 1.807) is 30.8 Å². The summed E-state index contributed by atoms with van der Waals surface area (Å²) in [6, 6.07) is 6.20. The van der Waals surface area contributed by atoms with Gasteiger partial charge in [0.2, 0.25) is 0 Å². The molecule has 0 aliphatic carbocycles. The third-order valence-electron chi connectivity index (χ3n) is 6.65. The second-order valence-electron chi connectivity index (χ2n) is 9.49. The van der Waals surface area contributed by atoms with E-state index in [1.807, 2.05) is 25.1 Å². The van der Waals surface area contributed by atoms with Gasteiger partial charge < -0.3 is 14.4 Å². The quantitative estimate of drug-likeness (QED) is 0.324. The van der Waals surface area contributed by atoms with Crippen molar-refractivity contribution in [1.29, 1.82) is 0 Å². The molecule has 1 saturated heterocycles. The van der Waals surface area contributed by atoms with Crippen LogP contribution in [0.3, 0.4) is 0 Å². The Balaban J connectivity index is 1.26. The molecular formula is C28H38N6O2S. The Morgan fingerprint density at radius 2 is 1.89 bits per heavy atom. The molecule has 37 heavy (non-hydrogen) atoms. The van der Waals surface area contributed by atoms with Crippen molar-refractivity contribution in [2.45, 2.75) is 26.7 Å². The summed E-state index contributed by atoms with van der Waals surface area (Å²) in [5, 5.41) is 0.987. The molecule has 1 fully saturated rings. The molecule has 0 amide bonds. The van der Waals surface area contributed by atoms with Gasteiger partial charge in [-0.2, -0.15) is 4.98 Å². The first-order valence-electron chi connectivity index (χ1n) is 13.0. The van der Waals surface area contributed by atoms with E-state index in [9.17, 15) is 0 Å². The number of ether oxygens (including phenoxy) is 2. The molecule has 2 atom stereocenters. The maximum atomic E-state index is 5.97. The van der Waals surface area contributed by atoms with Crippen LogP contribution in [0, 0.1) is 5.92 Å². The molecule has 0 radical (unpaired) electrons. The number of fused-ring (bicyclic) bond motifs is 1. The molecule has 1 aliphatic rings. The van der Waals surface area contributed by atoms with Gasteiger partial charge in [0.05, 0.1) is 18.2 Å². The summed E-state index contributed by atoms with van der Waals surface area (Å²) in [4.78, 5) is 24.1. The maximum absolute atomic E-state index is 5.97. The summed E-state index contributed by atoms with van der Waals surface area (Å²) in [7, 11) is 1.77. The second-order valence-corrected chi connectivity index (χ2v) is 10.5. The highest BCUT2D eigenvalue weighted by atomic mass is 32.1. The normalized spacial score (nSPS) is 17.5. The van der Waals surface area contributed by atoms with Crippen molar-refractivity contribution in [3.8, 4) is 6.01 Å². The fourth-order valence-corrected chi connectivity index (χ4v) is 5.28. The van der Waals surface area contributed by atoms with Gasteiger partial charge in [0.15, 0.2) is 0 Å². The van der Waals surface area contributed by atoms with Crippen molar-refractivity contribution in [2.75, 3.05) is 59.6 Å². The Kier molecular flexibility index (Phi) is 10.1. The summed E-state index contributed by atoms with van der Waals surface area (Å²) in [6.07, 6.45) is 10.1. The molecule has 0 saturated carbocycles. The topological polar surface area (TPSA) is 76.5 Å². The summed E-state index contributed by atoms with van der Waals surface area (Å²) in [5.74, 6) is 0.498. The predicted molar refractivity (Wildman–Crippen MR) is 149 cm³/mol. The molecule has 9 heteroatoms. The van der Waals surface area contributed by atoms with Crippen molar-refractivity contribution in [1.82, 2.24) is 29.7 Å². The maximum Gasteiger partial charge on any atom is 0.316 e. The van der Waals surface area contributed by atoms with E-state index in [1.165, 1.54) is 0 Å². The van der Waals surface area contributed by atoms with Crippen LogP contribution in [0.2, 0.25) is 0 Å². The Morgan fingerprint density at radius 1 is 1.08 bits per heavy atom. The minimum Gasteiger partial charge on any atom is -0.459 e. The standard InChI is InChI=1S/C28H38N6O2S/c1-5-23(9-8-21(2)19-34-15-13-33(14-16-34)17-18-35-4)20-36-28-30-12-10-24(32-28)22(3)26-31-25-7-6-11-29-27(25)37-26/h5-12,21-22H,13-20H2,1-4H3.